The predicted octanol–water partition coefficient (Wildman–Crippen LogP) is 2.81. The normalized spacial score (nSPS) is 16.3. The lowest BCUT2D eigenvalue weighted by atomic mass is 9.91. The Balaban J connectivity index is 1.53. The van der Waals surface area contributed by atoms with Crippen LogP contribution in [0.15, 0.2) is 41.3 Å². The van der Waals surface area contributed by atoms with Crippen molar-refractivity contribution in [1.29, 1.82) is 0 Å². The van der Waals surface area contributed by atoms with Crippen LogP contribution in [0.4, 0.5) is 5.69 Å². The van der Waals surface area contributed by atoms with Crippen LogP contribution in [0.25, 0.3) is 11.4 Å². The summed E-state index contributed by atoms with van der Waals surface area (Å²) in [5.41, 5.74) is 2.80. The Hall–Kier alpha value is -3.62. The summed E-state index contributed by atoms with van der Waals surface area (Å²) in [6, 6.07) is 6.93. The molecule has 0 spiro atoms. The molecular formula is C21H22N6O3. The molecule has 3 heterocycles. The van der Waals surface area contributed by atoms with Gasteiger partial charge in [0.05, 0.1) is 11.3 Å². The van der Waals surface area contributed by atoms with Crippen molar-refractivity contribution in [1.82, 2.24) is 25.0 Å². The van der Waals surface area contributed by atoms with Crippen LogP contribution in [0.3, 0.4) is 0 Å². The number of benzene rings is 1. The van der Waals surface area contributed by atoms with E-state index < -0.39 is 0 Å². The number of rotatable bonds is 4. The molecule has 0 aliphatic carbocycles. The molecule has 2 amide bonds. The molecule has 4 rings (SSSR count). The summed E-state index contributed by atoms with van der Waals surface area (Å²) in [6.45, 7) is 4.42. The summed E-state index contributed by atoms with van der Waals surface area (Å²) < 4.78 is 5.10. The number of piperidine rings is 1. The van der Waals surface area contributed by atoms with Gasteiger partial charge >= 0.3 is 0 Å². The predicted molar refractivity (Wildman–Crippen MR) is 109 cm³/mol. The van der Waals surface area contributed by atoms with E-state index >= 15 is 0 Å². The van der Waals surface area contributed by atoms with Crippen LogP contribution < -0.4 is 5.32 Å². The molecule has 154 valence electrons. The molecule has 1 aromatic carbocycles. The standard InChI is InChI=1S/C21H22N6O3/c1-13(28)24-17-7-5-15(6-8-17)21(29)27-9-3-4-16(11-27)19-18(10-22-12-23-19)20-25-14(2)30-26-20/h5-8,10,12,16H,3-4,9,11H2,1-2H3,(H,24,28). The lowest BCUT2D eigenvalue weighted by molar-refractivity contribution is -0.114. The molecule has 1 N–H and O–H groups in total. The number of carbonyl (C=O) groups is 2. The Morgan fingerprint density at radius 2 is 2.03 bits per heavy atom. The average Bonchev–Trinajstić information content (AvgIpc) is 3.20. The smallest absolute Gasteiger partial charge is 0.253 e. The molecule has 1 fully saturated rings. The Labute approximate surface area is 173 Å². The molecular weight excluding hydrogens is 384 g/mol. The zero-order chi connectivity index (χ0) is 21.1. The lowest BCUT2D eigenvalue weighted by Gasteiger charge is -2.33. The van der Waals surface area contributed by atoms with Gasteiger partial charge in [-0.2, -0.15) is 4.98 Å². The van der Waals surface area contributed by atoms with Crippen molar-refractivity contribution in [3.05, 3.63) is 53.9 Å². The first-order valence-electron chi connectivity index (χ1n) is 9.79. The van der Waals surface area contributed by atoms with Crippen molar-refractivity contribution in [3.8, 4) is 11.4 Å². The number of nitrogens with one attached hydrogen (secondary N) is 1. The minimum atomic E-state index is -0.148. The van der Waals surface area contributed by atoms with Crippen LogP contribution in [0.1, 0.15) is 47.6 Å². The van der Waals surface area contributed by atoms with Gasteiger partial charge in [-0.15, -0.1) is 0 Å². The Bertz CT molecular complexity index is 1060. The number of amides is 2. The number of hydrogen-bond donors (Lipinski definition) is 1. The van der Waals surface area contributed by atoms with Crippen LogP contribution in [0.5, 0.6) is 0 Å². The van der Waals surface area contributed by atoms with Crippen molar-refractivity contribution in [2.45, 2.75) is 32.6 Å². The van der Waals surface area contributed by atoms with Gasteiger partial charge in [-0.05, 0) is 37.1 Å². The van der Waals surface area contributed by atoms with Crippen molar-refractivity contribution >= 4 is 17.5 Å². The monoisotopic (exact) mass is 406 g/mol. The molecule has 0 radical (unpaired) electrons. The summed E-state index contributed by atoms with van der Waals surface area (Å²) in [7, 11) is 0. The van der Waals surface area contributed by atoms with Gasteiger partial charge < -0.3 is 14.7 Å². The third kappa shape index (κ3) is 4.19. The summed E-state index contributed by atoms with van der Waals surface area (Å²) in [4.78, 5) is 38.9. The van der Waals surface area contributed by atoms with Crippen molar-refractivity contribution in [3.63, 3.8) is 0 Å². The van der Waals surface area contributed by atoms with Crippen molar-refractivity contribution < 1.29 is 14.1 Å². The summed E-state index contributed by atoms with van der Waals surface area (Å²) in [5, 5.41) is 6.70. The average molecular weight is 406 g/mol. The van der Waals surface area contributed by atoms with E-state index in [2.05, 4.69) is 25.4 Å². The number of carbonyl (C=O) groups excluding carboxylic acids is 2. The van der Waals surface area contributed by atoms with Gasteiger partial charge in [-0.3, -0.25) is 9.59 Å². The van der Waals surface area contributed by atoms with E-state index in [-0.39, 0.29) is 17.7 Å². The first-order valence-corrected chi connectivity index (χ1v) is 9.79. The first kappa shape index (κ1) is 19.7. The van der Waals surface area contributed by atoms with Crippen molar-refractivity contribution in [2.75, 3.05) is 18.4 Å². The largest absolute Gasteiger partial charge is 0.339 e. The molecule has 9 nitrogen and oxygen atoms in total. The number of aryl methyl sites for hydroxylation is 1. The van der Waals surface area contributed by atoms with E-state index in [0.29, 0.717) is 36.1 Å². The van der Waals surface area contributed by atoms with E-state index in [1.807, 2.05) is 4.90 Å². The van der Waals surface area contributed by atoms with Gasteiger partial charge in [0.25, 0.3) is 5.91 Å². The van der Waals surface area contributed by atoms with Gasteiger partial charge in [0.2, 0.25) is 17.6 Å². The molecule has 30 heavy (non-hydrogen) atoms. The second-order valence-corrected chi connectivity index (χ2v) is 7.31. The topological polar surface area (TPSA) is 114 Å². The summed E-state index contributed by atoms with van der Waals surface area (Å²) in [5.74, 6) is 0.798. The van der Waals surface area contributed by atoms with Crippen LogP contribution in [0.2, 0.25) is 0 Å². The van der Waals surface area contributed by atoms with Gasteiger partial charge in [0.1, 0.15) is 6.33 Å². The van der Waals surface area contributed by atoms with Crippen LogP contribution in [0, 0.1) is 6.92 Å². The minimum absolute atomic E-state index is 0.0416. The molecule has 1 aliphatic rings. The molecule has 1 unspecified atom stereocenters. The fourth-order valence-electron chi connectivity index (χ4n) is 3.71. The van der Waals surface area contributed by atoms with E-state index in [9.17, 15) is 9.59 Å². The molecule has 1 aliphatic heterocycles. The summed E-state index contributed by atoms with van der Waals surface area (Å²) in [6.07, 6.45) is 4.97. The van der Waals surface area contributed by atoms with Crippen LogP contribution >= 0.6 is 0 Å². The molecule has 2 aromatic heterocycles. The third-order valence-electron chi connectivity index (χ3n) is 5.06. The molecule has 9 heteroatoms. The van der Waals surface area contributed by atoms with E-state index in [0.717, 1.165) is 24.1 Å². The van der Waals surface area contributed by atoms with Crippen LogP contribution in [-0.2, 0) is 4.79 Å². The summed E-state index contributed by atoms with van der Waals surface area (Å²) >= 11 is 0. The second-order valence-electron chi connectivity index (χ2n) is 7.31. The zero-order valence-corrected chi connectivity index (χ0v) is 16.8. The SMILES string of the molecule is CC(=O)Nc1ccc(C(=O)N2CCCC(c3ncncc3-c3noc(C)n3)C2)cc1. The second kappa shape index (κ2) is 8.40. The molecule has 1 saturated heterocycles. The molecule has 3 aromatic rings. The zero-order valence-electron chi connectivity index (χ0n) is 16.8. The number of hydrogen-bond acceptors (Lipinski definition) is 7. The number of nitrogens with zero attached hydrogens (tertiary/aromatic N) is 5. The molecule has 1 atom stereocenters. The van der Waals surface area contributed by atoms with E-state index in [4.69, 9.17) is 4.52 Å². The van der Waals surface area contributed by atoms with Gasteiger partial charge in [0.15, 0.2) is 0 Å². The quantitative estimate of drug-likeness (QED) is 0.708. The Morgan fingerprint density at radius 3 is 2.73 bits per heavy atom. The first-order chi connectivity index (χ1) is 14.5. The van der Waals surface area contributed by atoms with E-state index in [1.54, 1.807) is 37.4 Å². The lowest BCUT2D eigenvalue weighted by Crippen LogP contribution is -2.39. The molecule has 0 saturated carbocycles. The maximum Gasteiger partial charge on any atom is 0.253 e. The molecule has 0 bridgehead atoms. The highest BCUT2D eigenvalue weighted by molar-refractivity contribution is 5.95. The van der Waals surface area contributed by atoms with Gasteiger partial charge in [0, 0.05) is 50.3 Å². The number of anilines is 1. The number of aromatic nitrogens is 4. The van der Waals surface area contributed by atoms with Crippen molar-refractivity contribution in [2.24, 2.45) is 0 Å². The third-order valence-corrected chi connectivity index (χ3v) is 5.06. The Kier molecular flexibility index (Phi) is 5.51. The highest BCUT2D eigenvalue weighted by atomic mass is 16.5. The number of likely N-dealkylation sites (tertiary alicyclic amines) is 1. The highest BCUT2D eigenvalue weighted by Crippen LogP contribution is 2.32. The van der Waals surface area contributed by atoms with Crippen LogP contribution in [-0.4, -0.2) is 49.9 Å². The Morgan fingerprint density at radius 1 is 1.23 bits per heavy atom. The fourth-order valence-corrected chi connectivity index (χ4v) is 3.71. The van der Waals surface area contributed by atoms with E-state index in [1.165, 1.54) is 13.3 Å². The minimum Gasteiger partial charge on any atom is -0.339 e. The van der Waals surface area contributed by atoms with Gasteiger partial charge in [-0.25, -0.2) is 9.97 Å². The maximum absolute atomic E-state index is 13.0. The fraction of sp³-hybridized carbons (Fsp3) is 0.333. The van der Waals surface area contributed by atoms with Gasteiger partial charge in [-0.1, -0.05) is 5.16 Å². The highest BCUT2D eigenvalue weighted by Gasteiger charge is 2.29. The maximum atomic E-state index is 13.0.